The quantitative estimate of drug-likeness (QED) is 0.744. The van der Waals surface area contributed by atoms with Crippen LogP contribution >= 0.6 is 0 Å². The number of aromatic nitrogens is 3. The summed E-state index contributed by atoms with van der Waals surface area (Å²) in [6.45, 7) is 4.32. The van der Waals surface area contributed by atoms with Crippen LogP contribution < -0.4 is 5.32 Å². The Morgan fingerprint density at radius 2 is 2.00 bits per heavy atom. The molecule has 2 heterocycles. The molecule has 3 aromatic rings. The monoisotopic (exact) mass is 371 g/mol. The Labute approximate surface area is 156 Å². The maximum absolute atomic E-state index is 13.2. The number of hydrogen-bond donors (Lipinski definition) is 1. The van der Waals surface area contributed by atoms with E-state index in [2.05, 4.69) is 15.6 Å². The molecule has 0 aliphatic rings. The number of nitrogens with zero attached hydrogens (tertiary/aromatic N) is 4. The fourth-order valence-corrected chi connectivity index (χ4v) is 2.71. The Bertz CT molecular complexity index is 928. The predicted octanol–water partition coefficient (Wildman–Crippen LogP) is 3.37. The minimum absolute atomic E-state index is 0.0114. The fraction of sp³-hybridized carbons (Fsp3) is 0.316. The lowest BCUT2D eigenvalue weighted by Crippen LogP contribution is -2.36. The van der Waals surface area contributed by atoms with Crippen molar-refractivity contribution in [1.29, 1.82) is 0 Å². The summed E-state index contributed by atoms with van der Waals surface area (Å²) in [7, 11) is 3.83. The number of hydrogen-bond acceptors (Lipinski definition) is 5. The van der Waals surface area contributed by atoms with Crippen LogP contribution in [0.15, 0.2) is 41.1 Å². The lowest BCUT2D eigenvalue weighted by molar-refractivity contribution is 0.235. The van der Waals surface area contributed by atoms with Gasteiger partial charge in [-0.05, 0) is 58.3 Å². The zero-order chi connectivity index (χ0) is 19.6. The molecule has 8 heteroatoms. The van der Waals surface area contributed by atoms with Crippen LogP contribution in [0.4, 0.5) is 9.18 Å². The molecule has 1 N–H and O–H groups in total. The number of amides is 1. The summed E-state index contributed by atoms with van der Waals surface area (Å²) in [5.74, 6) is -0.327. The summed E-state index contributed by atoms with van der Waals surface area (Å²) in [6.07, 6.45) is 1.48. The molecule has 27 heavy (non-hydrogen) atoms. The Kier molecular flexibility index (Phi) is 5.36. The topological polar surface area (TPSA) is 76.2 Å². The van der Waals surface area contributed by atoms with Crippen LogP contribution in [0.25, 0.3) is 22.5 Å². The second-order valence-corrected chi connectivity index (χ2v) is 6.86. The van der Waals surface area contributed by atoms with Crippen molar-refractivity contribution in [2.45, 2.75) is 26.4 Å². The molecule has 0 saturated carbocycles. The van der Waals surface area contributed by atoms with Crippen LogP contribution in [-0.2, 0) is 6.54 Å². The van der Waals surface area contributed by atoms with Gasteiger partial charge in [0.25, 0.3) is 0 Å². The fourth-order valence-electron chi connectivity index (χ4n) is 2.71. The Morgan fingerprint density at radius 3 is 2.63 bits per heavy atom. The summed E-state index contributed by atoms with van der Waals surface area (Å²) in [5.41, 5.74) is 3.18. The Morgan fingerprint density at radius 1 is 1.30 bits per heavy atom. The second kappa shape index (κ2) is 7.71. The zero-order valence-corrected chi connectivity index (χ0v) is 15.7. The van der Waals surface area contributed by atoms with Crippen LogP contribution in [0, 0.1) is 5.82 Å². The van der Waals surface area contributed by atoms with Crippen molar-refractivity contribution in [2.75, 3.05) is 14.1 Å². The lowest BCUT2D eigenvalue weighted by atomic mass is 10.1. The third-order valence-corrected chi connectivity index (χ3v) is 3.83. The molecular weight excluding hydrogens is 349 g/mol. The van der Waals surface area contributed by atoms with Gasteiger partial charge in [0.2, 0.25) is 0 Å². The molecule has 0 spiro atoms. The van der Waals surface area contributed by atoms with Crippen molar-refractivity contribution in [2.24, 2.45) is 0 Å². The average Bonchev–Trinajstić information content (AvgIpc) is 3.21. The number of rotatable bonds is 5. The van der Waals surface area contributed by atoms with E-state index in [0.29, 0.717) is 29.1 Å². The number of benzene rings is 1. The molecule has 0 atom stereocenters. The van der Waals surface area contributed by atoms with Gasteiger partial charge in [-0.25, -0.2) is 9.18 Å². The molecule has 142 valence electrons. The van der Waals surface area contributed by atoms with Gasteiger partial charge in [0.15, 0.2) is 0 Å². The van der Waals surface area contributed by atoms with E-state index in [1.165, 1.54) is 23.1 Å². The third-order valence-electron chi connectivity index (χ3n) is 3.83. The molecule has 0 aliphatic heterocycles. The smallest absolute Gasteiger partial charge is 0.342 e. The molecular formula is C19H22FN5O2. The second-order valence-electron chi connectivity index (χ2n) is 6.86. The summed E-state index contributed by atoms with van der Waals surface area (Å²) >= 11 is 0. The highest BCUT2D eigenvalue weighted by atomic mass is 19.1. The van der Waals surface area contributed by atoms with Crippen LogP contribution in [0.5, 0.6) is 0 Å². The highest BCUT2D eigenvalue weighted by molar-refractivity contribution is 5.81. The van der Waals surface area contributed by atoms with Gasteiger partial charge in [-0.15, -0.1) is 0 Å². The maximum Gasteiger partial charge on any atom is 0.342 e. The summed E-state index contributed by atoms with van der Waals surface area (Å²) in [4.78, 5) is 14.5. The number of carbonyl (C=O) groups excluding carboxylic acids is 1. The summed E-state index contributed by atoms with van der Waals surface area (Å²) in [5, 5.41) is 11.3. The van der Waals surface area contributed by atoms with E-state index in [4.69, 9.17) is 4.52 Å². The first-order chi connectivity index (χ1) is 12.8. The van der Waals surface area contributed by atoms with Crippen molar-refractivity contribution < 1.29 is 13.7 Å². The molecule has 0 aliphatic carbocycles. The van der Waals surface area contributed by atoms with Gasteiger partial charge in [-0.3, -0.25) is 0 Å². The summed E-state index contributed by atoms with van der Waals surface area (Å²) in [6, 6.07) is 7.50. The number of nitrogens with one attached hydrogen (secondary N) is 1. The largest absolute Gasteiger partial charge is 0.363 e. The molecule has 0 unspecified atom stereocenters. The third kappa shape index (κ3) is 4.22. The first kappa shape index (κ1) is 18.8. The van der Waals surface area contributed by atoms with Gasteiger partial charge in [0.05, 0.1) is 17.0 Å². The first-order valence-corrected chi connectivity index (χ1v) is 8.60. The van der Waals surface area contributed by atoms with Crippen molar-refractivity contribution in [3.63, 3.8) is 0 Å². The minimum Gasteiger partial charge on any atom is -0.363 e. The molecule has 7 nitrogen and oxygen atoms in total. The molecule has 3 rings (SSSR count). The van der Waals surface area contributed by atoms with Crippen LogP contribution in [0.1, 0.15) is 19.5 Å². The summed E-state index contributed by atoms with van der Waals surface area (Å²) < 4.78 is 19.7. The maximum atomic E-state index is 13.2. The standard InChI is InChI=1S/C19H22FN5O2/c1-12(2)21-19(26)25-15(10-24(3)4)9-17(22-25)16-11-27-23-18(16)13-5-7-14(20)8-6-13/h5-9,11-12H,10H2,1-4H3,(H,21,26). The molecule has 0 saturated heterocycles. The van der Waals surface area contributed by atoms with E-state index < -0.39 is 0 Å². The van der Waals surface area contributed by atoms with E-state index in [-0.39, 0.29) is 17.9 Å². The lowest BCUT2D eigenvalue weighted by Gasteiger charge is -2.13. The number of carbonyl (C=O) groups is 1. The van der Waals surface area contributed by atoms with E-state index in [9.17, 15) is 9.18 Å². The normalized spacial score (nSPS) is 11.4. The van der Waals surface area contributed by atoms with E-state index in [0.717, 1.165) is 5.69 Å². The Hall–Kier alpha value is -3.00. The average molecular weight is 371 g/mol. The molecule has 0 radical (unpaired) electrons. The first-order valence-electron chi connectivity index (χ1n) is 8.60. The van der Waals surface area contributed by atoms with Gasteiger partial charge in [0.1, 0.15) is 17.8 Å². The van der Waals surface area contributed by atoms with Gasteiger partial charge in [0, 0.05) is 18.2 Å². The van der Waals surface area contributed by atoms with Crippen molar-refractivity contribution in [3.05, 3.63) is 48.1 Å². The molecule has 1 amide bonds. The van der Waals surface area contributed by atoms with Gasteiger partial charge in [-0.2, -0.15) is 9.78 Å². The molecule has 2 aromatic heterocycles. The van der Waals surface area contributed by atoms with Crippen LogP contribution in [-0.4, -0.2) is 46.0 Å². The van der Waals surface area contributed by atoms with E-state index >= 15 is 0 Å². The van der Waals surface area contributed by atoms with Crippen molar-refractivity contribution in [1.82, 2.24) is 25.2 Å². The SMILES string of the molecule is CC(C)NC(=O)n1nc(-c2conc2-c2ccc(F)cc2)cc1CN(C)C. The highest BCUT2D eigenvalue weighted by Gasteiger charge is 2.20. The predicted molar refractivity (Wildman–Crippen MR) is 99.6 cm³/mol. The van der Waals surface area contributed by atoms with Gasteiger partial charge >= 0.3 is 6.03 Å². The van der Waals surface area contributed by atoms with Gasteiger partial charge in [-0.1, -0.05) is 5.16 Å². The molecule has 0 fully saturated rings. The van der Waals surface area contributed by atoms with Gasteiger partial charge < -0.3 is 14.7 Å². The highest BCUT2D eigenvalue weighted by Crippen LogP contribution is 2.31. The Balaban J connectivity index is 2.03. The van der Waals surface area contributed by atoms with E-state index in [1.54, 1.807) is 12.1 Å². The van der Waals surface area contributed by atoms with E-state index in [1.807, 2.05) is 38.9 Å². The van der Waals surface area contributed by atoms with Crippen LogP contribution in [0.3, 0.4) is 0 Å². The van der Waals surface area contributed by atoms with Crippen LogP contribution in [0.2, 0.25) is 0 Å². The molecule has 1 aromatic carbocycles. The van der Waals surface area contributed by atoms with Crippen molar-refractivity contribution >= 4 is 6.03 Å². The molecule has 0 bridgehead atoms. The zero-order valence-electron chi connectivity index (χ0n) is 15.7. The van der Waals surface area contributed by atoms with Crippen molar-refractivity contribution in [3.8, 4) is 22.5 Å². The number of halogens is 1. The minimum atomic E-state index is -0.327.